The molecular weight excluding hydrogens is 365 g/mol. The summed E-state index contributed by atoms with van der Waals surface area (Å²) in [5, 5.41) is 10.3. The zero-order valence-electron chi connectivity index (χ0n) is 15.1. The molecule has 8 heteroatoms. The highest BCUT2D eigenvalue weighted by atomic mass is 35.5. The van der Waals surface area contributed by atoms with E-state index in [0.29, 0.717) is 5.56 Å². The van der Waals surface area contributed by atoms with Crippen molar-refractivity contribution < 1.29 is 27.1 Å². The van der Waals surface area contributed by atoms with Crippen LogP contribution in [-0.4, -0.2) is 17.2 Å². The Hall–Kier alpha value is -1.08. The van der Waals surface area contributed by atoms with E-state index in [1.54, 1.807) is 47.6 Å². The number of phenols is 1. The maximum Gasteiger partial charge on any atom is 0.455 e. The number of hydrogen-bond donors (Lipinski definition) is 2. The van der Waals surface area contributed by atoms with Crippen molar-refractivity contribution in [3.05, 3.63) is 28.8 Å². The van der Waals surface area contributed by atoms with Gasteiger partial charge in [0.2, 0.25) is 0 Å². The van der Waals surface area contributed by atoms with Gasteiger partial charge >= 0.3 is 12.1 Å². The Morgan fingerprint density at radius 2 is 1.32 bits per heavy atom. The zero-order valence-corrected chi connectivity index (χ0v) is 15.9. The third kappa shape index (κ3) is 4.76. The molecule has 0 spiro atoms. The summed E-state index contributed by atoms with van der Waals surface area (Å²) in [6.07, 6.45) is -5.81. The highest BCUT2D eigenvalue weighted by Gasteiger charge is 2.62. The number of aromatic hydroxyl groups is 1. The Balaban J connectivity index is 0.00000576. The van der Waals surface area contributed by atoms with Crippen molar-refractivity contribution in [2.45, 2.75) is 70.5 Å². The van der Waals surface area contributed by atoms with Crippen LogP contribution in [0.3, 0.4) is 0 Å². The highest BCUT2D eigenvalue weighted by molar-refractivity contribution is 5.85. The SMILES string of the molecule is CC(C)(C)c1cc([C@H](N)C(F)(F)C(F)(F)F)c(O)c(C(C)(C)C)c1.Cl. The summed E-state index contributed by atoms with van der Waals surface area (Å²) in [5.74, 6) is -5.78. The van der Waals surface area contributed by atoms with E-state index in [9.17, 15) is 27.1 Å². The maximum absolute atomic E-state index is 13.7. The molecule has 146 valence electrons. The van der Waals surface area contributed by atoms with Gasteiger partial charge < -0.3 is 10.8 Å². The molecule has 0 saturated carbocycles. The van der Waals surface area contributed by atoms with Crippen LogP contribution >= 0.6 is 12.4 Å². The molecule has 25 heavy (non-hydrogen) atoms. The summed E-state index contributed by atoms with van der Waals surface area (Å²) < 4.78 is 65.3. The van der Waals surface area contributed by atoms with Crippen molar-refractivity contribution in [3.63, 3.8) is 0 Å². The average molecular weight is 390 g/mol. The van der Waals surface area contributed by atoms with Crippen molar-refractivity contribution in [3.8, 4) is 5.75 Å². The second-order valence-corrected chi connectivity index (χ2v) is 8.06. The van der Waals surface area contributed by atoms with Crippen LogP contribution in [0.5, 0.6) is 5.75 Å². The minimum Gasteiger partial charge on any atom is -0.507 e. The molecule has 0 unspecified atom stereocenters. The fourth-order valence-corrected chi connectivity index (χ4v) is 2.27. The Morgan fingerprint density at radius 1 is 0.880 bits per heavy atom. The van der Waals surface area contributed by atoms with E-state index >= 15 is 0 Å². The largest absolute Gasteiger partial charge is 0.507 e. The van der Waals surface area contributed by atoms with Crippen molar-refractivity contribution in [2.75, 3.05) is 0 Å². The molecule has 0 heterocycles. The first-order valence-corrected chi connectivity index (χ1v) is 7.48. The van der Waals surface area contributed by atoms with Gasteiger partial charge in [-0.3, -0.25) is 0 Å². The second kappa shape index (κ2) is 6.91. The molecule has 2 nitrogen and oxygen atoms in total. The van der Waals surface area contributed by atoms with Crippen molar-refractivity contribution in [2.24, 2.45) is 5.73 Å². The van der Waals surface area contributed by atoms with Crippen LogP contribution in [0.4, 0.5) is 22.0 Å². The van der Waals surface area contributed by atoms with Gasteiger partial charge in [0.05, 0.1) is 0 Å². The first kappa shape index (κ1) is 23.9. The van der Waals surface area contributed by atoms with Gasteiger partial charge in [-0.15, -0.1) is 12.4 Å². The van der Waals surface area contributed by atoms with Gasteiger partial charge in [-0.05, 0) is 28.0 Å². The average Bonchev–Trinajstić information content (AvgIpc) is 2.33. The van der Waals surface area contributed by atoms with Crippen LogP contribution in [-0.2, 0) is 10.8 Å². The minimum atomic E-state index is -5.81. The lowest BCUT2D eigenvalue weighted by Gasteiger charge is -2.31. The van der Waals surface area contributed by atoms with Crippen LogP contribution in [0.2, 0.25) is 0 Å². The van der Waals surface area contributed by atoms with E-state index in [-0.39, 0.29) is 18.0 Å². The van der Waals surface area contributed by atoms with Crippen LogP contribution in [0, 0.1) is 0 Å². The number of halogens is 6. The molecule has 0 bridgehead atoms. The van der Waals surface area contributed by atoms with Gasteiger partial charge in [-0.25, -0.2) is 0 Å². The summed E-state index contributed by atoms with van der Waals surface area (Å²) in [6, 6.07) is 0.0625. The van der Waals surface area contributed by atoms with Crippen LogP contribution in [0.15, 0.2) is 12.1 Å². The predicted octanol–water partition coefficient (Wildman–Crippen LogP) is 5.61. The van der Waals surface area contributed by atoms with Gasteiger partial charge in [0, 0.05) is 5.56 Å². The lowest BCUT2D eigenvalue weighted by Crippen LogP contribution is -2.46. The quantitative estimate of drug-likeness (QED) is 0.646. The Kier molecular flexibility index (Phi) is 6.61. The second-order valence-electron chi connectivity index (χ2n) is 8.06. The molecule has 0 radical (unpaired) electrons. The molecule has 0 aromatic heterocycles. The molecule has 0 fully saturated rings. The standard InChI is InChI=1S/C17H24F5NO.ClH/c1-14(2,3)9-7-10(12(24)11(8-9)15(4,5)6)13(23)16(18,19)17(20,21)22;/h7-8,13,24H,23H2,1-6H3;1H/t13-;/m0./s1. The van der Waals surface area contributed by atoms with Crippen LogP contribution in [0.1, 0.15) is 64.3 Å². The first-order valence-electron chi connectivity index (χ1n) is 7.48. The minimum absolute atomic E-state index is 0. The van der Waals surface area contributed by atoms with E-state index in [2.05, 4.69) is 0 Å². The maximum atomic E-state index is 13.7. The molecule has 0 aliphatic heterocycles. The highest BCUT2D eigenvalue weighted by Crippen LogP contribution is 2.47. The summed E-state index contributed by atoms with van der Waals surface area (Å²) in [6.45, 7) is 10.6. The lowest BCUT2D eigenvalue weighted by atomic mass is 9.77. The lowest BCUT2D eigenvalue weighted by molar-refractivity contribution is -0.291. The van der Waals surface area contributed by atoms with Crippen LogP contribution < -0.4 is 5.73 Å². The number of nitrogens with two attached hydrogens (primary N) is 1. The number of benzene rings is 1. The summed E-state index contributed by atoms with van der Waals surface area (Å²) in [5.41, 5.74) is 4.27. The number of hydrogen-bond acceptors (Lipinski definition) is 2. The predicted molar refractivity (Wildman–Crippen MR) is 90.7 cm³/mol. The van der Waals surface area contributed by atoms with Crippen molar-refractivity contribution in [1.29, 1.82) is 0 Å². The van der Waals surface area contributed by atoms with Gasteiger partial charge in [0.25, 0.3) is 0 Å². The third-order valence-electron chi connectivity index (χ3n) is 3.92. The monoisotopic (exact) mass is 389 g/mol. The van der Waals surface area contributed by atoms with Gasteiger partial charge in [0.15, 0.2) is 0 Å². The third-order valence-corrected chi connectivity index (χ3v) is 3.92. The number of phenolic OH excluding ortho intramolecular Hbond substituents is 1. The van der Waals surface area contributed by atoms with E-state index in [1.165, 1.54) is 0 Å². The van der Waals surface area contributed by atoms with E-state index < -0.39 is 40.3 Å². The Morgan fingerprint density at radius 3 is 1.64 bits per heavy atom. The normalized spacial score (nSPS) is 14.9. The fourth-order valence-electron chi connectivity index (χ4n) is 2.27. The number of alkyl halides is 5. The molecule has 3 N–H and O–H groups in total. The van der Waals surface area contributed by atoms with E-state index in [1.807, 2.05) is 0 Å². The van der Waals surface area contributed by atoms with Crippen molar-refractivity contribution >= 4 is 12.4 Å². The smallest absolute Gasteiger partial charge is 0.455 e. The molecule has 1 atom stereocenters. The van der Waals surface area contributed by atoms with E-state index in [0.717, 1.165) is 6.07 Å². The summed E-state index contributed by atoms with van der Waals surface area (Å²) in [4.78, 5) is 0. The molecule has 0 aliphatic rings. The molecule has 0 aliphatic carbocycles. The fraction of sp³-hybridized carbons (Fsp3) is 0.647. The topological polar surface area (TPSA) is 46.2 Å². The molecule has 1 rings (SSSR count). The van der Waals surface area contributed by atoms with Gasteiger partial charge in [0.1, 0.15) is 11.8 Å². The molecule has 0 amide bonds. The van der Waals surface area contributed by atoms with Crippen molar-refractivity contribution in [1.82, 2.24) is 0 Å². The number of rotatable bonds is 2. The summed E-state index contributed by atoms with van der Waals surface area (Å²) in [7, 11) is 0. The molecule has 1 aromatic rings. The summed E-state index contributed by atoms with van der Waals surface area (Å²) >= 11 is 0. The molecular formula is C17H25ClF5NO. The Bertz CT molecular complexity index is 615. The first-order chi connectivity index (χ1) is 10.4. The van der Waals surface area contributed by atoms with Gasteiger partial charge in [-0.1, -0.05) is 47.6 Å². The molecule has 0 saturated heterocycles. The zero-order chi connectivity index (χ0) is 19.3. The molecule has 1 aromatic carbocycles. The Labute approximate surface area is 151 Å². The van der Waals surface area contributed by atoms with Crippen LogP contribution in [0.25, 0.3) is 0 Å². The van der Waals surface area contributed by atoms with Gasteiger partial charge in [-0.2, -0.15) is 22.0 Å². The van der Waals surface area contributed by atoms with E-state index in [4.69, 9.17) is 5.73 Å².